The first-order chi connectivity index (χ1) is 15.2. The number of carbonyl (C=O) groups excluding carboxylic acids is 4. The zero-order chi connectivity index (χ0) is 23.7. The maximum absolute atomic E-state index is 13.1. The van der Waals surface area contributed by atoms with Gasteiger partial charge in [0.05, 0.1) is 12.5 Å². The smallest absolute Gasteiger partial charge is 0.322 e. The minimum absolute atomic E-state index is 0.00372. The van der Waals surface area contributed by atoms with E-state index in [9.17, 15) is 24.0 Å². The SMILES string of the molecule is CC(=O)NCC(=O)N(N[C@@H](C)C(=O)O)C(=O)[C@@H]1CCCN(C(=O)CCC2CCNCC2)C1. The summed E-state index contributed by atoms with van der Waals surface area (Å²) in [6.45, 7) is 4.82. The van der Waals surface area contributed by atoms with Gasteiger partial charge in [0.2, 0.25) is 17.7 Å². The lowest BCUT2D eigenvalue weighted by Crippen LogP contribution is -2.58. The molecule has 0 aromatic rings. The molecule has 0 spiro atoms. The molecule has 2 atom stereocenters. The van der Waals surface area contributed by atoms with E-state index >= 15 is 0 Å². The Hall–Kier alpha value is -2.53. The van der Waals surface area contributed by atoms with Crippen LogP contribution in [0.25, 0.3) is 0 Å². The normalized spacial score (nSPS) is 20.3. The fraction of sp³-hybridized carbons (Fsp3) is 0.762. The maximum Gasteiger partial charge on any atom is 0.322 e. The van der Waals surface area contributed by atoms with Gasteiger partial charge in [-0.2, -0.15) is 0 Å². The van der Waals surface area contributed by atoms with Gasteiger partial charge in [-0.1, -0.05) is 0 Å². The summed E-state index contributed by atoms with van der Waals surface area (Å²) in [4.78, 5) is 62.4. The van der Waals surface area contributed by atoms with Gasteiger partial charge in [-0.3, -0.25) is 24.0 Å². The summed E-state index contributed by atoms with van der Waals surface area (Å²) in [5.41, 5.74) is 2.42. The summed E-state index contributed by atoms with van der Waals surface area (Å²) < 4.78 is 0. The van der Waals surface area contributed by atoms with E-state index in [-0.39, 0.29) is 12.5 Å². The second-order valence-electron chi connectivity index (χ2n) is 8.58. The van der Waals surface area contributed by atoms with E-state index in [0.29, 0.717) is 36.7 Å². The highest BCUT2D eigenvalue weighted by Crippen LogP contribution is 2.22. The van der Waals surface area contributed by atoms with Crippen molar-refractivity contribution in [1.82, 2.24) is 26.0 Å². The number of piperidine rings is 2. The largest absolute Gasteiger partial charge is 0.480 e. The van der Waals surface area contributed by atoms with Gasteiger partial charge in [0.1, 0.15) is 6.04 Å². The van der Waals surface area contributed by atoms with Crippen LogP contribution < -0.4 is 16.1 Å². The molecule has 0 saturated carbocycles. The second kappa shape index (κ2) is 12.5. The lowest BCUT2D eigenvalue weighted by molar-refractivity contribution is -0.156. The lowest BCUT2D eigenvalue weighted by atomic mass is 9.92. The van der Waals surface area contributed by atoms with Crippen LogP contribution in [0.1, 0.15) is 52.4 Å². The number of carboxylic acids is 1. The number of carboxylic acid groups (broad SMARTS) is 1. The highest BCUT2D eigenvalue weighted by atomic mass is 16.4. The van der Waals surface area contributed by atoms with Crippen molar-refractivity contribution in [3.8, 4) is 0 Å². The average Bonchev–Trinajstić information content (AvgIpc) is 2.79. The van der Waals surface area contributed by atoms with Gasteiger partial charge < -0.3 is 20.6 Å². The lowest BCUT2D eigenvalue weighted by Gasteiger charge is -2.35. The molecule has 0 aromatic heterocycles. The summed E-state index contributed by atoms with van der Waals surface area (Å²) in [7, 11) is 0. The number of hydrogen-bond acceptors (Lipinski definition) is 7. The van der Waals surface area contributed by atoms with Crippen LogP contribution in [0.5, 0.6) is 0 Å². The van der Waals surface area contributed by atoms with Gasteiger partial charge in [-0.05, 0) is 58.0 Å². The van der Waals surface area contributed by atoms with Crippen LogP contribution in [0.15, 0.2) is 0 Å². The van der Waals surface area contributed by atoms with Crippen molar-refractivity contribution < 1.29 is 29.1 Å². The third kappa shape index (κ3) is 7.86. The third-order valence-electron chi connectivity index (χ3n) is 6.00. The summed E-state index contributed by atoms with van der Waals surface area (Å²) >= 11 is 0. The maximum atomic E-state index is 13.1. The number of carbonyl (C=O) groups is 5. The van der Waals surface area contributed by atoms with Gasteiger partial charge in [0.15, 0.2) is 0 Å². The molecule has 0 aliphatic carbocycles. The molecule has 2 aliphatic heterocycles. The molecule has 2 saturated heterocycles. The molecule has 2 fully saturated rings. The summed E-state index contributed by atoms with van der Waals surface area (Å²) in [5, 5.41) is 15.5. The van der Waals surface area contributed by atoms with E-state index in [1.165, 1.54) is 13.8 Å². The predicted molar refractivity (Wildman–Crippen MR) is 115 cm³/mol. The Labute approximate surface area is 188 Å². The van der Waals surface area contributed by atoms with Crippen LogP contribution in [0, 0.1) is 11.8 Å². The molecule has 32 heavy (non-hydrogen) atoms. The molecular weight excluding hydrogens is 418 g/mol. The molecule has 0 aromatic carbocycles. The molecule has 2 rings (SSSR count). The Morgan fingerprint density at radius 2 is 1.84 bits per heavy atom. The van der Waals surface area contributed by atoms with E-state index in [1.807, 2.05) is 0 Å². The van der Waals surface area contributed by atoms with Crippen molar-refractivity contribution in [3.05, 3.63) is 0 Å². The Morgan fingerprint density at radius 1 is 1.16 bits per heavy atom. The van der Waals surface area contributed by atoms with Crippen molar-refractivity contribution in [2.45, 2.75) is 58.4 Å². The quantitative estimate of drug-likeness (QED) is 0.341. The van der Waals surface area contributed by atoms with E-state index in [1.54, 1.807) is 4.90 Å². The molecule has 4 N–H and O–H groups in total. The highest BCUT2D eigenvalue weighted by molar-refractivity contribution is 5.98. The molecule has 0 radical (unpaired) electrons. The predicted octanol–water partition coefficient (Wildman–Crippen LogP) is -0.526. The Balaban J connectivity index is 1.98. The number of nitrogens with zero attached hydrogens (tertiary/aromatic N) is 2. The summed E-state index contributed by atoms with van der Waals surface area (Å²) in [6, 6.07) is -1.19. The number of imide groups is 1. The Morgan fingerprint density at radius 3 is 2.47 bits per heavy atom. The van der Waals surface area contributed by atoms with Crippen molar-refractivity contribution in [2.75, 3.05) is 32.7 Å². The van der Waals surface area contributed by atoms with Crippen LogP contribution in [0.4, 0.5) is 0 Å². The number of likely N-dealkylation sites (tertiary alicyclic amines) is 1. The monoisotopic (exact) mass is 453 g/mol. The number of hydrazine groups is 1. The summed E-state index contributed by atoms with van der Waals surface area (Å²) in [5.74, 6) is -3.11. The van der Waals surface area contributed by atoms with Crippen LogP contribution in [-0.4, -0.2) is 83.4 Å². The van der Waals surface area contributed by atoms with Gasteiger partial charge >= 0.3 is 5.97 Å². The Kier molecular flexibility index (Phi) is 10.0. The third-order valence-corrected chi connectivity index (χ3v) is 6.00. The molecule has 0 unspecified atom stereocenters. The molecule has 4 amide bonds. The first-order valence-corrected chi connectivity index (χ1v) is 11.3. The van der Waals surface area contributed by atoms with E-state index in [2.05, 4.69) is 16.1 Å². The second-order valence-corrected chi connectivity index (χ2v) is 8.58. The zero-order valence-corrected chi connectivity index (χ0v) is 18.9. The molecule has 11 heteroatoms. The topological polar surface area (TPSA) is 148 Å². The first-order valence-electron chi connectivity index (χ1n) is 11.3. The fourth-order valence-electron chi connectivity index (χ4n) is 4.03. The van der Waals surface area contributed by atoms with E-state index in [0.717, 1.165) is 32.4 Å². The fourth-order valence-corrected chi connectivity index (χ4v) is 4.03. The van der Waals surface area contributed by atoms with E-state index < -0.39 is 42.2 Å². The minimum atomic E-state index is -1.23. The first kappa shape index (κ1) is 25.7. The van der Waals surface area contributed by atoms with Gasteiger partial charge in [0.25, 0.3) is 5.91 Å². The minimum Gasteiger partial charge on any atom is -0.480 e. The number of aliphatic carboxylic acids is 1. The van der Waals surface area contributed by atoms with Crippen molar-refractivity contribution in [3.63, 3.8) is 0 Å². The molecule has 2 aliphatic rings. The van der Waals surface area contributed by atoms with E-state index in [4.69, 9.17) is 5.11 Å². The van der Waals surface area contributed by atoms with Crippen LogP contribution >= 0.6 is 0 Å². The summed E-state index contributed by atoms with van der Waals surface area (Å²) in [6.07, 6.45) is 4.50. The van der Waals surface area contributed by atoms with Gasteiger partial charge in [-0.25, -0.2) is 10.4 Å². The van der Waals surface area contributed by atoms with Crippen LogP contribution in [0.2, 0.25) is 0 Å². The molecule has 180 valence electrons. The number of rotatable bonds is 9. The van der Waals surface area contributed by atoms with Crippen molar-refractivity contribution >= 4 is 29.6 Å². The number of nitrogens with one attached hydrogen (secondary N) is 3. The number of amides is 4. The van der Waals surface area contributed by atoms with Crippen molar-refractivity contribution in [2.24, 2.45) is 11.8 Å². The molecule has 2 heterocycles. The molecular formula is C21H35N5O6. The van der Waals surface area contributed by atoms with Crippen LogP contribution in [-0.2, 0) is 24.0 Å². The average molecular weight is 454 g/mol. The Bertz CT molecular complexity index is 709. The highest BCUT2D eigenvalue weighted by Gasteiger charge is 2.35. The zero-order valence-electron chi connectivity index (χ0n) is 18.9. The van der Waals surface area contributed by atoms with Crippen molar-refractivity contribution in [1.29, 1.82) is 0 Å². The molecule has 0 bridgehead atoms. The number of hydrogen-bond donors (Lipinski definition) is 4. The molecule has 11 nitrogen and oxygen atoms in total. The van der Waals surface area contributed by atoms with Gasteiger partial charge in [0, 0.05) is 26.4 Å². The van der Waals surface area contributed by atoms with Crippen LogP contribution in [0.3, 0.4) is 0 Å². The van der Waals surface area contributed by atoms with Gasteiger partial charge in [-0.15, -0.1) is 0 Å². The standard InChI is InChI=1S/C21H35N5O6/c1-14(21(31)32)24-26(19(29)12-23-15(2)27)20(30)17-4-3-11-25(13-17)18(28)6-5-16-7-9-22-10-8-16/h14,16-17,22,24H,3-13H2,1-2H3,(H,23,27)(H,31,32)/t14-,17+/m0/s1.